The zero-order chi connectivity index (χ0) is 13.8. The summed E-state index contributed by atoms with van der Waals surface area (Å²) >= 11 is 0. The summed E-state index contributed by atoms with van der Waals surface area (Å²) in [6.45, 7) is 9.86. The Morgan fingerprint density at radius 2 is 2.00 bits per heavy atom. The summed E-state index contributed by atoms with van der Waals surface area (Å²) in [5.74, 6) is 0.0793. The van der Waals surface area contributed by atoms with Crippen molar-refractivity contribution in [3.8, 4) is 0 Å². The van der Waals surface area contributed by atoms with Crippen molar-refractivity contribution in [2.45, 2.75) is 26.8 Å². The third-order valence-electron chi connectivity index (χ3n) is 3.94. The third-order valence-corrected chi connectivity index (χ3v) is 3.94. The van der Waals surface area contributed by atoms with Crippen molar-refractivity contribution in [3.63, 3.8) is 0 Å². The monoisotopic (exact) mass is 261 g/mol. The molecule has 1 aromatic rings. The highest BCUT2D eigenvalue weighted by Gasteiger charge is 2.22. The highest BCUT2D eigenvalue weighted by atomic mass is 16.2. The number of piperazine rings is 1. The number of rotatable bonds is 3. The summed E-state index contributed by atoms with van der Waals surface area (Å²) in [5.41, 5.74) is 3.27. The first kappa shape index (κ1) is 14.0. The molecule has 1 heterocycles. The lowest BCUT2D eigenvalue weighted by atomic mass is 10.1. The third kappa shape index (κ3) is 3.33. The number of anilines is 1. The number of hydrogen-bond donors (Lipinski definition) is 2. The minimum absolute atomic E-state index is 0.0793. The zero-order valence-corrected chi connectivity index (χ0v) is 12.0. The van der Waals surface area contributed by atoms with Gasteiger partial charge in [-0.25, -0.2) is 0 Å². The van der Waals surface area contributed by atoms with Gasteiger partial charge in [0.15, 0.2) is 0 Å². The minimum atomic E-state index is -0.0815. The number of nitrogens with one attached hydrogen (secondary N) is 2. The maximum atomic E-state index is 12.3. The summed E-state index contributed by atoms with van der Waals surface area (Å²) in [4.78, 5) is 14.5. The number of hydrogen-bond acceptors (Lipinski definition) is 3. The smallest absolute Gasteiger partial charge is 0.241 e. The lowest BCUT2D eigenvalue weighted by Gasteiger charge is -2.32. The Hall–Kier alpha value is -1.39. The quantitative estimate of drug-likeness (QED) is 0.867. The number of nitrogens with zero attached hydrogens (tertiary/aromatic N) is 1. The highest BCUT2D eigenvalue weighted by Crippen LogP contribution is 2.18. The van der Waals surface area contributed by atoms with Crippen LogP contribution in [0.15, 0.2) is 18.2 Å². The molecule has 0 aromatic heterocycles. The molecule has 1 atom stereocenters. The van der Waals surface area contributed by atoms with Crippen LogP contribution in [0.1, 0.15) is 18.1 Å². The molecular formula is C15H23N3O. The number of carbonyl (C=O) groups excluding carboxylic acids is 1. The molecule has 4 heteroatoms. The van der Waals surface area contributed by atoms with Gasteiger partial charge in [0.2, 0.25) is 5.91 Å². The summed E-state index contributed by atoms with van der Waals surface area (Å²) < 4.78 is 0. The molecule has 2 N–H and O–H groups in total. The van der Waals surface area contributed by atoms with Gasteiger partial charge in [0, 0.05) is 31.9 Å². The predicted octanol–water partition coefficient (Wildman–Crippen LogP) is 1.54. The van der Waals surface area contributed by atoms with Crippen molar-refractivity contribution in [1.82, 2.24) is 10.2 Å². The summed E-state index contributed by atoms with van der Waals surface area (Å²) in [6, 6.07) is 5.92. The average molecular weight is 261 g/mol. The van der Waals surface area contributed by atoms with E-state index in [2.05, 4.69) is 28.5 Å². The molecule has 4 nitrogen and oxygen atoms in total. The first-order valence-corrected chi connectivity index (χ1v) is 6.91. The Morgan fingerprint density at radius 1 is 1.32 bits per heavy atom. The van der Waals surface area contributed by atoms with Gasteiger partial charge in [0.1, 0.15) is 0 Å². The first-order chi connectivity index (χ1) is 9.09. The maximum Gasteiger partial charge on any atom is 0.241 e. The Labute approximate surface area is 115 Å². The second-order valence-electron chi connectivity index (χ2n) is 5.20. The Kier molecular flexibility index (Phi) is 4.56. The van der Waals surface area contributed by atoms with Gasteiger partial charge in [-0.15, -0.1) is 0 Å². The normalized spacial score (nSPS) is 18.1. The topological polar surface area (TPSA) is 44.4 Å². The minimum Gasteiger partial charge on any atom is -0.324 e. The molecule has 1 unspecified atom stereocenters. The molecule has 1 fully saturated rings. The van der Waals surface area contributed by atoms with E-state index >= 15 is 0 Å². The molecule has 2 rings (SSSR count). The van der Waals surface area contributed by atoms with Crippen molar-refractivity contribution in [1.29, 1.82) is 0 Å². The van der Waals surface area contributed by atoms with E-state index in [1.165, 1.54) is 5.56 Å². The molecule has 1 aliphatic rings. The van der Waals surface area contributed by atoms with E-state index < -0.39 is 0 Å². The van der Waals surface area contributed by atoms with Crippen LogP contribution < -0.4 is 10.6 Å². The number of amides is 1. The Balaban J connectivity index is 2.01. The van der Waals surface area contributed by atoms with Crippen LogP contribution in [0.5, 0.6) is 0 Å². The molecular weight excluding hydrogens is 238 g/mol. The van der Waals surface area contributed by atoms with Gasteiger partial charge in [0.05, 0.1) is 6.04 Å². The maximum absolute atomic E-state index is 12.3. The SMILES string of the molecule is Cc1cccc(NC(=O)C(C)N2CCNCC2)c1C. The first-order valence-electron chi connectivity index (χ1n) is 6.91. The molecule has 1 aromatic carbocycles. The van der Waals surface area contributed by atoms with E-state index in [0.717, 1.165) is 37.4 Å². The fourth-order valence-corrected chi connectivity index (χ4v) is 2.36. The van der Waals surface area contributed by atoms with Gasteiger partial charge in [-0.1, -0.05) is 12.1 Å². The van der Waals surface area contributed by atoms with Crippen molar-refractivity contribution < 1.29 is 4.79 Å². The summed E-state index contributed by atoms with van der Waals surface area (Å²) in [7, 11) is 0. The van der Waals surface area contributed by atoms with Crippen LogP contribution >= 0.6 is 0 Å². The standard InChI is InChI=1S/C15H23N3O/c1-11-5-4-6-14(12(11)2)17-15(19)13(3)18-9-7-16-8-10-18/h4-6,13,16H,7-10H2,1-3H3,(H,17,19). The largest absolute Gasteiger partial charge is 0.324 e. The average Bonchev–Trinajstić information content (AvgIpc) is 2.44. The van der Waals surface area contributed by atoms with Gasteiger partial charge in [0.25, 0.3) is 0 Å². The van der Waals surface area contributed by atoms with Crippen molar-refractivity contribution >= 4 is 11.6 Å². The molecule has 104 valence electrons. The summed E-state index contributed by atoms with van der Waals surface area (Å²) in [6.07, 6.45) is 0. The van der Waals surface area contributed by atoms with Crippen LogP contribution in [0.4, 0.5) is 5.69 Å². The van der Waals surface area contributed by atoms with Crippen molar-refractivity contribution in [2.24, 2.45) is 0 Å². The van der Waals surface area contributed by atoms with Crippen LogP contribution in [0.3, 0.4) is 0 Å². The van der Waals surface area contributed by atoms with Crippen molar-refractivity contribution in [3.05, 3.63) is 29.3 Å². The molecule has 1 saturated heterocycles. The van der Waals surface area contributed by atoms with E-state index in [1.54, 1.807) is 0 Å². The highest BCUT2D eigenvalue weighted by molar-refractivity contribution is 5.95. The van der Waals surface area contributed by atoms with Crippen LogP contribution in [0, 0.1) is 13.8 Å². The molecule has 19 heavy (non-hydrogen) atoms. The van der Waals surface area contributed by atoms with Crippen LogP contribution in [-0.2, 0) is 4.79 Å². The fourth-order valence-electron chi connectivity index (χ4n) is 2.36. The van der Waals surface area contributed by atoms with E-state index in [9.17, 15) is 4.79 Å². The zero-order valence-electron chi connectivity index (χ0n) is 12.0. The fraction of sp³-hybridized carbons (Fsp3) is 0.533. The summed E-state index contributed by atoms with van der Waals surface area (Å²) in [5, 5.41) is 6.35. The van der Waals surface area contributed by atoms with Crippen molar-refractivity contribution in [2.75, 3.05) is 31.5 Å². The number of aryl methyl sites for hydroxylation is 1. The van der Waals surface area contributed by atoms with Gasteiger partial charge in [-0.3, -0.25) is 9.69 Å². The van der Waals surface area contributed by atoms with E-state index in [-0.39, 0.29) is 11.9 Å². The Bertz CT molecular complexity index is 453. The van der Waals surface area contributed by atoms with E-state index in [0.29, 0.717) is 0 Å². The van der Waals surface area contributed by atoms with Crippen LogP contribution in [0.25, 0.3) is 0 Å². The van der Waals surface area contributed by atoms with E-state index in [4.69, 9.17) is 0 Å². The van der Waals surface area contributed by atoms with Crippen LogP contribution in [0.2, 0.25) is 0 Å². The number of carbonyl (C=O) groups is 1. The van der Waals surface area contributed by atoms with Gasteiger partial charge >= 0.3 is 0 Å². The molecule has 0 spiro atoms. The van der Waals surface area contributed by atoms with Gasteiger partial charge in [-0.2, -0.15) is 0 Å². The van der Waals surface area contributed by atoms with Crippen LogP contribution in [-0.4, -0.2) is 43.0 Å². The molecule has 0 radical (unpaired) electrons. The van der Waals surface area contributed by atoms with Gasteiger partial charge in [-0.05, 0) is 38.0 Å². The molecule has 1 amide bonds. The second-order valence-corrected chi connectivity index (χ2v) is 5.20. The van der Waals surface area contributed by atoms with E-state index in [1.807, 2.05) is 26.0 Å². The lowest BCUT2D eigenvalue weighted by molar-refractivity contribution is -0.120. The molecule has 0 saturated carbocycles. The Morgan fingerprint density at radius 3 is 2.68 bits per heavy atom. The predicted molar refractivity (Wildman–Crippen MR) is 78.5 cm³/mol. The van der Waals surface area contributed by atoms with Gasteiger partial charge < -0.3 is 10.6 Å². The molecule has 0 aliphatic carbocycles. The molecule has 1 aliphatic heterocycles. The number of benzene rings is 1. The lowest BCUT2D eigenvalue weighted by Crippen LogP contribution is -2.51. The molecule has 0 bridgehead atoms. The second kappa shape index (κ2) is 6.17.